The zero-order valence-electron chi connectivity index (χ0n) is 15.5. The number of hydrogen-bond donors (Lipinski definition) is 1. The fourth-order valence-corrected chi connectivity index (χ4v) is 3.71. The monoisotopic (exact) mass is 348 g/mol. The van der Waals surface area contributed by atoms with E-state index in [1.807, 2.05) is 6.92 Å². The maximum Gasteiger partial charge on any atom is 0.119 e. The Labute approximate surface area is 151 Å². The van der Waals surface area contributed by atoms with Crippen molar-refractivity contribution in [1.29, 1.82) is 0 Å². The third-order valence-corrected chi connectivity index (χ3v) is 5.07. The Balaban J connectivity index is 1.37. The summed E-state index contributed by atoms with van der Waals surface area (Å²) in [4.78, 5) is 4.77. The van der Waals surface area contributed by atoms with Gasteiger partial charge in [-0.05, 0) is 50.4 Å². The highest BCUT2D eigenvalue weighted by molar-refractivity contribution is 5.27. The van der Waals surface area contributed by atoms with E-state index in [4.69, 9.17) is 9.47 Å². The SMILES string of the molecule is C[C@]1(O)CCCN(Cc2ccc(OCCCN3CCOCC3)cc2)C1. The predicted molar refractivity (Wildman–Crippen MR) is 98.9 cm³/mol. The summed E-state index contributed by atoms with van der Waals surface area (Å²) in [5, 5.41) is 10.2. The van der Waals surface area contributed by atoms with Crippen LogP contribution in [-0.2, 0) is 11.3 Å². The molecule has 0 bridgehead atoms. The molecule has 0 radical (unpaired) electrons. The molecule has 2 saturated heterocycles. The van der Waals surface area contributed by atoms with E-state index in [0.717, 1.165) is 84.1 Å². The summed E-state index contributed by atoms with van der Waals surface area (Å²) in [5.41, 5.74) is 0.736. The molecule has 1 aromatic rings. The quantitative estimate of drug-likeness (QED) is 0.765. The van der Waals surface area contributed by atoms with Gasteiger partial charge in [0.05, 0.1) is 25.4 Å². The van der Waals surface area contributed by atoms with Gasteiger partial charge in [-0.3, -0.25) is 9.80 Å². The van der Waals surface area contributed by atoms with Crippen LogP contribution in [0.4, 0.5) is 0 Å². The second kappa shape index (κ2) is 8.99. The van der Waals surface area contributed by atoms with E-state index < -0.39 is 5.60 Å². The molecular weight excluding hydrogens is 316 g/mol. The Morgan fingerprint density at radius 3 is 2.60 bits per heavy atom. The normalized spacial score (nSPS) is 25.8. The minimum Gasteiger partial charge on any atom is -0.494 e. The van der Waals surface area contributed by atoms with Gasteiger partial charge in [0.15, 0.2) is 0 Å². The van der Waals surface area contributed by atoms with Crippen molar-refractivity contribution in [3.05, 3.63) is 29.8 Å². The van der Waals surface area contributed by atoms with Crippen LogP contribution in [0.25, 0.3) is 0 Å². The number of nitrogens with zero attached hydrogens (tertiary/aromatic N) is 2. The first kappa shape index (κ1) is 18.6. The Hall–Kier alpha value is -1.14. The number of rotatable bonds is 7. The molecule has 0 spiro atoms. The molecule has 1 atom stereocenters. The number of aliphatic hydroxyl groups is 1. The molecule has 25 heavy (non-hydrogen) atoms. The van der Waals surface area contributed by atoms with Crippen LogP contribution in [0.1, 0.15) is 31.7 Å². The summed E-state index contributed by atoms with van der Waals surface area (Å²) in [7, 11) is 0. The summed E-state index contributed by atoms with van der Waals surface area (Å²) in [6, 6.07) is 8.40. The topological polar surface area (TPSA) is 45.2 Å². The van der Waals surface area contributed by atoms with E-state index in [1.54, 1.807) is 0 Å². The molecule has 5 nitrogen and oxygen atoms in total. The second-order valence-corrected chi connectivity index (χ2v) is 7.61. The summed E-state index contributed by atoms with van der Waals surface area (Å²) in [6.45, 7) is 10.3. The van der Waals surface area contributed by atoms with Crippen LogP contribution in [0, 0.1) is 0 Å². The van der Waals surface area contributed by atoms with Gasteiger partial charge in [-0.2, -0.15) is 0 Å². The molecule has 3 rings (SSSR count). The lowest BCUT2D eigenvalue weighted by atomic mass is 9.95. The van der Waals surface area contributed by atoms with Gasteiger partial charge in [0.1, 0.15) is 5.75 Å². The number of piperidine rings is 1. The number of ether oxygens (including phenoxy) is 2. The van der Waals surface area contributed by atoms with E-state index in [2.05, 4.69) is 34.1 Å². The first-order valence-corrected chi connectivity index (χ1v) is 9.57. The fraction of sp³-hybridized carbons (Fsp3) is 0.700. The number of benzene rings is 1. The summed E-state index contributed by atoms with van der Waals surface area (Å²) < 4.78 is 11.2. The van der Waals surface area contributed by atoms with Crippen LogP contribution >= 0.6 is 0 Å². The van der Waals surface area contributed by atoms with Gasteiger partial charge in [-0.15, -0.1) is 0 Å². The second-order valence-electron chi connectivity index (χ2n) is 7.61. The Morgan fingerprint density at radius 1 is 1.12 bits per heavy atom. The van der Waals surface area contributed by atoms with Crippen molar-refractivity contribution in [2.75, 3.05) is 52.5 Å². The minimum atomic E-state index is -0.540. The van der Waals surface area contributed by atoms with Crippen LogP contribution < -0.4 is 4.74 Å². The molecule has 2 aliphatic rings. The highest BCUT2D eigenvalue weighted by atomic mass is 16.5. The van der Waals surface area contributed by atoms with Crippen molar-refractivity contribution >= 4 is 0 Å². The standard InChI is InChI=1S/C20H32N2O3/c1-20(23)8-2-9-22(17-20)16-18-4-6-19(7-5-18)25-13-3-10-21-11-14-24-15-12-21/h4-7,23H,2-3,8-17H2,1H3/t20-/m0/s1. The molecule has 0 amide bonds. The maximum absolute atomic E-state index is 10.2. The van der Waals surface area contributed by atoms with E-state index >= 15 is 0 Å². The molecule has 5 heteroatoms. The fourth-order valence-electron chi connectivity index (χ4n) is 3.71. The van der Waals surface area contributed by atoms with Crippen LogP contribution in [0.5, 0.6) is 5.75 Å². The van der Waals surface area contributed by atoms with Gasteiger partial charge in [-0.1, -0.05) is 12.1 Å². The summed E-state index contributed by atoms with van der Waals surface area (Å²) >= 11 is 0. The minimum absolute atomic E-state index is 0.540. The molecule has 0 aliphatic carbocycles. The third-order valence-electron chi connectivity index (χ3n) is 5.07. The lowest BCUT2D eigenvalue weighted by Crippen LogP contribution is -2.45. The van der Waals surface area contributed by atoms with Crippen molar-refractivity contribution in [3.8, 4) is 5.75 Å². The zero-order valence-corrected chi connectivity index (χ0v) is 15.5. The van der Waals surface area contributed by atoms with E-state index in [-0.39, 0.29) is 0 Å². The van der Waals surface area contributed by atoms with Gasteiger partial charge in [-0.25, -0.2) is 0 Å². The highest BCUT2D eigenvalue weighted by Gasteiger charge is 2.28. The van der Waals surface area contributed by atoms with Crippen LogP contribution in [-0.4, -0.2) is 73.1 Å². The Bertz CT molecular complexity index is 512. The molecule has 1 aromatic carbocycles. The smallest absolute Gasteiger partial charge is 0.119 e. The molecule has 1 N–H and O–H groups in total. The average Bonchev–Trinajstić information content (AvgIpc) is 2.60. The van der Waals surface area contributed by atoms with Gasteiger partial charge < -0.3 is 14.6 Å². The predicted octanol–water partition coefficient (Wildman–Crippen LogP) is 2.13. The van der Waals surface area contributed by atoms with Crippen molar-refractivity contribution in [2.45, 2.75) is 38.3 Å². The van der Waals surface area contributed by atoms with Gasteiger partial charge in [0.2, 0.25) is 0 Å². The van der Waals surface area contributed by atoms with Crippen LogP contribution in [0.2, 0.25) is 0 Å². The molecule has 0 unspecified atom stereocenters. The Morgan fingerprint density at radius 2 is 1.88 bits per heavy atom. The van der Waals surface area contributed by atoms with E-state index in [0.29, 0.717) is 0 Å². The number of morpholine rings is 1. The lowest BCUT2D eigenvalue weighted by molar-refractivity contribution is -0.0181. The first-order chi connectivity index (χ1) is 12.1. The third kappa shape index (κ3) is 6.26. The average molecular weight is 348 g/mol. The Kier molecular flexibility index (Phi) is 6.70. The van der Waals surface area contributed by atoms with Gasteiger partial charge in [0.25, 0.3) is 0 Å². The number of β-amino-alcohol motifs (C(OH)–C–C–N with tert-alkyl or cyclic N) is 1. The largest absolute Gasteiger partial charge is 0.494 e. The van der Waals surface area contributed by atoms with Crippen molar-refractivity contribution in [1.82, 2.24) is 9.80 Å². The van der Waals surface area contributed by atoms with Crippen molar-refractivity contribution in [2.24, 2.45) is 0 Å². The van der Waals surface area contributed by atoms with Crippen LogP contribution in [0.15, 0.2) is 24.3 Å². The maximum atomic E-state index is 10.2. The number of hydrogen-bond acceptors (Lipinski definition) is 5. The van der Waals surface area contributed by atoms with Gasteiger partial charge in [0, 0.05) is 32.7 Å². The molecule has 2 fully saturated rings. The first-order valence-electron chi connectivity index (χ1n) is 9.57. The highest BCUT2D eigenvalue weighted by Crippen LogP contribution is 2.22. The molecule has 0 aromatic heterocycles. The summed E-state index contributed by atoms with van der Waals surface area (Å²) in [6.07, 6.45) is 3.02. The molecule has 0 saturated carbocycles. The number of likely N-dealkylation sites (tertiary alicyclic amines) is 1. The van der Waals surface area contributed by atoms with Crippen molar-refractivity contribution < 1.29 is 14.6 Å². The van der Waals surface area contributed by atoms with E-state index in [1.165, 1.54) is 5.56 Å². The molecule has 2 heterocycles. The molecule has 140 valence electrons. The van der Waals surface area contributed by atoms with Crippen molar-refractivity contribution in [3.63, 3.8) is 0 Å². The molecular formula is C20H32N2O3. The zero-order chi connectivity index (χ0) is 17.5. The molecule has 2 aliphatic heterocycles. The summed E-state index contributed by atoms with van der Waals surface area (Å²) in [5.74, 6) is 0.941. The lowest BCUT2D eigenvalue weighted by Gasteiger charge is -2.36. The van der Waals surface area contributed by atoms with E-state index in [9.17, 15) is 5.11 Å². The van der Waals surface area contributed by atoms with Crippen LogP contribution in [0.3, 0.4) is 0 Å². The van der Waals surface area contributed by atoms with Gasteiger partial charge >= 0.3 is 0 Å².